The predicted octanol–water partition coefficient (Wildman–Crippen LogP) is 10.2. The zero-order valence-corrected chi connectivity index (χ0v) is 20.0. The first-order chi connectivity index (χ1) is 17.2. The molecule has 0 aliphatic heterocycles. The minimum atomic E-state index is 0.442. The molecule has 0 spiro atoms. The molecule has 0 heteroatoms. The maximum atomic E-state index is 2.47. The van der Waals surface area contributed by atoms with Gasteiger partial charge >= 0.3 is 0 Å². The van der Waals surface area contributed by atoms with Crippen LogP contribution < -0.4 is 0 Å². The van der Waals surface area contributed by atoms with E-state index in [4.69, 9.17) is 0 Å². The van der Waals surface area contributed by atoms with E-state index in [9.17, 15) is 0 Å². The van der Waals surface area contributed by atoms with Crippen LogP contribution in [0.4, 0.5) is 0 Å². The number of fused-ring (bicyclic) bond motifs is 7. The SMILES string of the molecule is CC(C)c1cc2c(-c3cccc4ccccc34)c3ccc4ccccc4c3cc2c2ccccc12. The molecule has 7 rings (SSSR count). The standard InChI is InChI=1S/C35H26/c1-22(2)31-20-34-33(28-16-8-7-15-27(28)31)21-32-26-14-6-4-11-24(26)18-19-30(32)35(34)29-17-9-12-23-10-3-5-13-25(23)29/h3-22H,1-2H3. The zero-order chi connectivity index (χ0) is 23.5. The summed E-state index contributed by atoms with van der Waals surface area (Å²) in [6.07, 6.45) is 0. The number of hydrogen-bond acceptors (Lipinski definition) is 0. The van der Waals surface area contributed by atoms with E-state index in [1.165, 1.54) is 70.6 Å². The van der Waals surface area contributed by atoms with Crippen molar-refractivity contribution in [2.75, 3.05) is 0 Å². The van der Waals surface area contributed by atoms with Gasteiger partial charge in [0.1, 0.15) is 0 Å². The van der Waals surface area contributed by atoms with E-state index in [1.54, 1.807) is 0 Å². The second-order valence-corrected chi connectivity index (χ2v) is 9.92. The van der Waals surface area contributed by atoms with Crippen LogP contribution >= 0.6 is 0 Å². The Kier molecular flexibility index (Phi) is 4.44. The van der Waals surface area contributed by atoms with Crippen LogP contribution in [0.1, 0.15) is 25.3 Å². The van der Waals surface area contributed by atoms with Crippen molar-refractivity contribution in [2.24, 2.45) is 0 Å². The van der Waals surface area contributed by atoms with Crippen LogP contribution in [0.2, 0.25) is 0 Å². The van der Waals surface area contributed by atoms with Gasteiger partial charge in [-0.05, 0) is 88.6 Å². The van der Waals surface area contributed by atoms with Gasteiger partial charge in [0, 0.05) is 0 Å². The Balaban J connectivity index is 1.79. The molecule has 35 heavy (non-hydrogen) atoms. The Morgan fingerprint density at radius 1 is 0.400 bits per heavy atom. The largest absolute Gasteiger partial charge is 0.0616 e. The van der Waals surface area contributed by atoms with Crippen LogP contribution in [-0.4, -0.2) is 0 Å². The third kappa shape index (κ3) is 3.00. The predicted molar refractivity (Wildman–Crippen MR) is 153 cm³/mol. The van der Waals surface area contributed by atoms with Crippen molar-refractivity contribution < 1.29 is 0 Å². The van der Waals surface area contributed by atoms with Gasteiger partial charge in [0.25, 0.3) is 0 Å². The lowest BCUT2D eigenvalue weighted by molar-refractivity contribution is 0.878. The van der Waals surface area contributed by atoms with Crippen LogP contribution in [0.15, 0.2) is 115 Å². The Bertz CT molecular complexity index is 1920. The highest BCUT2D eigenvalue weighted by Gasteiger charge is 2.18. The molecule has 0 fully saturated rings. The van der Waals surface area contributed by atoms with E-state index in [-0.39, 0.29) is 0 Å². The fourth-order valence-corrected chi connectivity index (χ4v) is 5.96. The molecule has 0 radical (unpaired) electrons. The molecule has 7 aromatic rings. The molecule has 0 saturated carbocycles. The smallest absolute Gasteiger partial charge is 0.00200 e. The molecule has 0 amide bonds. The van der Waals surface area contributed by atoms with Gasteiger partial charge in [-0.15, -0.1) is 0 Å². The summed E-state index contributed by atoms with van der Waals surface area (Å²) in [6, 6.07) is 42.7. The lowest BCUT2D eigenvalue weighted by atomic mass is 9.84. The summed E-state index contributed by atoms with van der Waals surface area (Å²) < 4.78 is 0. The Morgan fingerprint density at radius 3 is 1.77 bits per heavy atom. The molecule has 0 bridgehead atoms. The third-order valence-electron chi connectivity index (χ3n) is 7.60. The van der Waals surface area contributed by atoms with E-state index in [1.807, 2.05) is 0 Å². The van der Waals surface area contributed by atoms with Crippen LogP contribution in [-0.2, 0) is 0 Å². The summed E-state index contributed by atoms with van der Waals surface area (Å²) in [5.41, 5.74) is 4.06. The van der Waals surface area contributed by atoms with Crippen molar-refractivity contribution in [3.63, 3.8) is 0 Å². The second-order valence-electron chi connectivity index (χ2n) is 9.92. The molecule has 0 atom stereocenters. The van der Waals surface area contributed by atoms with E-state index < -0.39 is 0 Å². The van der Waals surface area contributed by atoms with Crippen molar-refractivity contribution in [1.29, 1.82) is 0 Å². The molecular weight excluding hydrogens is 420 g/mol. The lowest BCUT2D eigenvalue weighted by Gasteiger charge is -2.19. The van der Waals surface area contributed by atoms with Crippen molar-refractivity contribution in [1.82, 2.24) is 0 Å². The first-order valence-corrected chi connectivity index (χ1v) is 12.5. The molecule has 0 N–H and O–H groups in total. The molecular formula is C35H26. The van der Waals surface area contributed by atoms with Crippen molar-refractivity contribution >= 4 is 53.9 Å². The van der Waals surface area contributed by atoms with Gasteiger partial charge in [0.2, 0.25) is 0 Å². The Hall–Kier alpha value is -4.16. The molecule has 0 aliphatic carbocycles. The molecule has 0 nitrogen and oxygen atoms in total. The fraction of sp³-hybridized carbons (Fsp3) is 0.0857. The van der Waals surface area contributed by atoms with Gasteiger partial charge in [0.15, 0.2) is 0 Å². The molecule has 0 unspecified atom stereocenters. The molecule has 7 aromatic carbocycles. The van der Waals surface area contributed by atoms with E-state index in [0.29, 0.717) is 5.92 Å². The Morgan fingerprint density at radius 2 is 1.00 bits per heavy atom. The summed E-state index contributed by atoms with van der Waals surface area (Å²) in [5.74, 6) is 0.442. The average Bonchev–Trinajstić information content (AvgIpc) is 2.91. The van der Waals surface area contributed by atoms with Gasteiger partial charge in [-0.25, -0.2) is 0 Å². The van der Waals surface area contributed by atoms with Crippen molar-refractivity contribution in [3.8, 4) is 11.1 Å². The van der Waals surface area contributed by atoms with Gasteiger partial charge in [-0.2, -0.15) is 0 Å². The summed E-state index contributed by atoms with van der Waals surface area (Å²) in [7, 11) is 0. The van der Waals surface area contributed by atoms with E-state index in [0.717, 1.165) is 0 Å². The number of hydrogen-bond donors (Lipinski definition) is 0. The van der Waals surface area contributed by atoms with Crippen LogP contribution in [0.5, 0.6) is 0 Å². The van der Waals surface area contributed by atoms with E-state index in [2.05, 4.69) is 129 Å². The fourth-order valence-electron chi connectivity index (χ4n) is 5.96. The maximum absolute atomic E-state index is 2.47. The number of benzene rings is 7. The van der Waals surface area contributed by atoms with Gasteiger partial charge in [-0.1, -0.05) is 117 Å². The normalized spacial score (nSPS) is 12.0. The molecule has 166 valence electrons. The van der Waals surface area contributed by atoms with E-state index >= 15 is 0 Å². The summed E-state index contributed by atoms with van der Waals surface area (Å²) >= 11 is 0. The Labute approximate surface area is 205 Å². The first kappa shape index (κ1) is 20.2. The minimum Gasteiger partial charge on any atom is -0.0616 e. The topological polar surface area (TPSA) is 0 Å². The highest BCUT2D eigenvalue weighted by Crippen LogP contribution is 2.45. The van der Waals surface area contributed by atoms with Crippen molar-refractivity contribution in [2.45, 2.75) is 19.8 Å². The van der Waals surface area contributed by atoms with Crippen molar-refractivity contribution in [3.05, 3.63) is 121 Å². The van der Waals surface area contributed by atoms with Crippen LogP contribution in [0.25, 0.3) is 65.0 Å². The monoisotopic (exact) mass is 446 g/mol. The summed E-state index contributed by atoms with van der Waals surface area (Å²) in [5, 5.41) is 13.2. The van der Waals surface area contributed by atoms with Gasteiger partial charge in [0.05, 0.1) is 0 Å². The molecule has 0 aromatic heterocycles. The van der Waals surface area contributed by atoms with Gasteiger partial charge < -0.3 is 0 Å². The summed E-state index contributed by atoms with van der Waals surface area (Å²) in [6.45, 7) is 4.61. The summed E-state index contributed by atoms with van der Waals surface area (Å²) in [4.78, 5) is 0. The second kappa shape index (κ2) is 7.68. The molecule has 0 saturated heterocycles. The quantitative estimate of drug-likeness (QED) is 0.183. The average molecular weight is 447 g/mol. The molecule has 0 aliphatic rings. The molecule has 0 heterocycles. The zero-order valence-electron chi connectivity index (χ0n) is 20.0. The minimum absolute atomic E-state index is 0.442. The highest BCUT2D eigenvalue weighted by atomic mass is 14.2. The van der Waals surface area contributed by atoms with Crippen LogP contribution in [0, 0.1) is 0 Å². The third-order valence-corrected chi connectivity index (χ3v) is 7.60. The van der Waals surface area contributed by atoms with Gasteiger partial charge in [-0.3, -0.25) is 0 Å². The number of rotatable bonds is 2. The maximum Gasteiger partial charge on any atom is -0.00200 e. The van der Waals surface area contributed by atoms with Crippen LogP contribution in [0.3, 0.4) is 0 Å². The first-order valence-electron chi connectivity index (χ1n) is 12.5. The lowest BCUT2D eigenvalue weighted by Crippen LogP contribution is -1.94. The highest BCUT2D eigenvalue weighted by molar-refractivity contribution is 6.26.